The smallest absolute Gasteiger partial charge is 0.181 e. The Labute approximate surface area is 171 Å². The number of fused-ring (bicyclic) bond motifs is 1. The van der Waals surface area contributed by atoms with Crippen LogP contribution in [0.4, 0.5) is 0 Å². The molecule has 3 heterocycles. The zero-order valence-corrected chi connectivity index (χ0v) is 17.0. The summed E-state index contributed by atoms with van der Waals surface area (Å²) in [7, 11) is 0. The molecule has 0 aromatic rings. The molecule has 28 heavy (non-hydrogen) atoms. The van der Waals surface area contributed by atoms with Crippen LogP contribution in [0.5, 0.6) is 0 Å². The molecular formula is C16H26N2O8S2. The van der Waals surface area contributed by atoms with Gasteiger partial charge >= 0.3 is 0 Å². The van der Waals surface area contributed by atoms with Crippen molar-refractivity contribution in [3.05, 3.63) is 0 Å². The van der Waals surface area contributed by atoms with Gasteiger partial charge in [0.2, 0.25) is 0 Å². The van der Waals surface area contributed by atoms with E-state index in [4.69, 9.17) is 26.4 Å². The number of ether oxygens (including phenoxy) is 3. The highest BCUT2D eigenvalue weighted by atomic mass is 32.2. The van der Waals surface area contributed by atoms with Crippen LogP contribution in [-0.2, 0) is 14.2 Å². The van der Waals surface area contributed by atoms with E-state index in [-0.39, 0.29) is 0 Å². The van der Waals surface area contributed by atoms with Crippen LogP contribution in [0.15, 0.2) is 4.99 Å². The molecule has 0 saturated carbocycles. The molecular weight excluding hydrogens is 412 g/mol. The molecule has 2 fully saturated rings. The summed E-state index contributed by atoms with van der Waals surface area (Å²) in [6, 6.07) is -1.52. The number of aliphatic hydroxyl groups excluding tert-OH is 5. The summed E-state index contributed by atoms with van der Waals surface area (Å²) in [6.45, 7) is 2.45. The minimum Gasteiger partial charge on any atom is -0.394 e. The number of thioether (sulfide) groups is 1. The van der Waals surface area contributed by atoms with Crippen LogP contribution >= 0.6 is 24.0 Å². The van der Waals surface area contributed by atoms with Gasteiger partial charge in [0.05, 0.1) is 23.2 Å². The fourth-order valence-electron chi connectivity index (χ4n) is 3.61. The third-order valence-corrected chi connectivity index (χ3v) is 6.17. The molecule has 0 radical (unpaired) electrons. The summed E-state index contributed by atoms with van der Waals surface area (Å²) in [5.41, 5.74) is -0.422. The van der Waals surface area contributed by atoms with Crippen molar-refractivity contribution in [1.82, 2.24) is 5.32 Å². The van der Waals surface area contributed by atoms with Crippen molar-refractivity contribution in [2.45, 2.75) is 74.3 Å². The van der Waals surface area contributed by atoms with Crippen molar-refractivity contribution >= 4 is 34.0 Å². The number of nitrogens with zero attached hydrogens (tertiary/aromatic N) is 1. The number of hydrogen-bond donors (Lipinski definition) is 6. The first-order valence-corrected chi connectivity index (χ1v) is 10.3. The number of nitrogens with one attached hydrogen (secondary N) is 1. The summed E-state index contributed by atoms with van der Waals surface area (Å²) in [4.78, 5) is 4.70. The SMILES string of the molecule is CC(=S)N[C@H]1[C@H](O[C@H]2[C@H](O)[C@H]3N=C(C)S[C@H]3O[C@@H]2CO)O[C@H](CO)[C@@H](O)[C@@H]1O. The molecule has 3 rings (SSSR count). The lowest BCUT2D eigenvalue weighted by molar-refractivity contribution is -0.308. The van der Waals surface area contributed by atoms with Crippen LogP contribution < -0.4 is 5.32 Å². The van der Waals surface area contributed by atoms with Crippen molar-refractivity contribution in [3.8, 4) is 0 Å². The van der Waals surface area contributed by atoms with Crippen LogP contribution in [0.25, 0.3) is 0 Å². The molecule has 3 aliphatic heterocycles. The van der Waals surface area contributed by atoms with Gasteiger partial charge in [-0.2, -0.15) is 0 Å². The number of hydrogen-bond acceptors (Lipinski definition) is 11. The first-order chi connectivity index (χ1) is 13.3. The average Bonchev–Trinajstić information content (AvgIpc) is 3.03. The van der Waals surface area contributed by atoms with Gasteiger partial charge in [-0.3, -0.25) is 4.99 Å². The minimum atomic E-state index is -1.36. The highest BCUT2D eigenvalue weighted by molar-refractivity contribution is 8.14. The maximum Gasteiger partial charge on any atom is 0.181 e. The van der Waals surface area contributed by atoms with Gasteiger partial charge in [0.1, 0.15) is 54.1 Å². The van der Waals surface area contributed by atoms with Crippen molar-refractivity contribution in [2.75, 3.05) is 13.2 Å². The first-order valence-electron chi connectivity index (χ1n) is 8.97. The van der Waals surface area contributed by atoms with Gasteiger partial charge in [0.15, 0.2) is 6.29 Å². The van der Waals surface area contributed by atoms with E-state index in [1.54, 1.807) is 13.8 Å². The largest absolute Gasteiger partial charge is 0.394 e. The molecule has 0 aromatic carbocycles. The molecule has 2 saturated heterocycles. The van der Waals surface area contributed by atoms with E-state index in [1.165, 1.54) is 11.8 Å². The molecule has 0 spiro atoms. The quantitative estimate of drug-likeness (QED) is 0.258. The predicted molar refractivity (Wildman–Crippen MR) is 104 cm³/mol. The second-order valence-electron chi connectivity index (χ2n) is 7.01. The summed E-state index contributed by atoms with van der Waals surface area (Å²) < 4.78 is 17.4. The molecule has 0 amide bonds. The van der Waals surface area contributed by atoms with Gasteiger partial charge in [-0.15, -0.1) is 0 Å². The van der Waals surface area contributed by atoms with Gasteiger partial charge in [0, 0.05) is 0 Å². The lowest BCUT2D eigenvalue weighted by atomic mass is 9.95. The first kappa shape index (κ1) is 22.3. The van der Waals surface area contributed by atoms with E-state index in [9.17, 15) is 25.5 Å². The molecule has 10 atom stereocenters. The predicted octanol–water partition coefficient (Wildman–Crippen LogP) is -2.27. The van der Waals surface area contributed by atoms with E-state index in [0.29, 0.717) is 4.99 Å². The zero-order chi connectivity index (χ0) is 20.6. The fourth-order valence-corrected chi connectivity index (χ4v) is 4.82. The Morgan fingerprint density at radius 2 is 1.82 bits per heavy atom. The monoisotopic (exact) mass is 438 g/mol. The van der Waals surface area contributed by atoms with E-state index >= 15 is 0 Å². The van der Waals surface area contributed by atoms with Gasteiger partial charge in [-0.1, -0.05) is 24.0 Å². The summed E-state index contributed by atoms with van der Waals surface area (Å²) in [6.07, 6.45) is -7.93. The molecule has 160 valence electrons. The van der Waals surface area contributed by atoms with Gasteiger partial charge in [-0.05, 0) is 13.8 Å². The number of aliphatic imine (C=N–C) groups is 1. The average molecular weight is 439 g/mol. The normalized spacial score (nSPS) is 46.0. The number of rotatable bonds is 5. The van der Waals surface area contributed by atoms with Crippen LogP contribution in [0.1, 0.15) is 13.8 Å². The number of aliphatic hydroxyl groups is 5. The Morgan fingerprint density at radius 3 is 2.43 bits per heavy atom. The Hall–Kier alpha value is -0.410. The Kier molecular flexibility index (Phi) is 7.29. The highest BCUT2D eigenvalue weighted by Gasteiger charge is 2.52. The van der Waals surface area contributed by atoms with E-state index < -0.39 is 73.6 Å². The van der Waals surface area contributed by atoms with Gasteiger partial charge in [-0.25, -0.2) is 0 Å². The fraction of sp³-hybridized carbons (Fsp3) is 0.875. The van der Waals surface area contributed by atoms with E-state index in [1.807, 2.05) is 0 Å². The van der Waals surface area contributed by atoms with Gasteiger partial charge < -0.3 is 45.1 Å². The third-order valence-electron chi connectivity index (χ3n) is 4.98. The second kappa shape index (κ2) is 9.16. The van der Waals surface area contributed by atoms with Crippen molar-refractivity contribution < 1.29 is 39.7 Å². The van der Waals surface area contributed by atoms with Crippen LogP contribution in [0, 0.1) is 0 Å². The maximum absolute atomic E-state index is 10.8. The standard InChI is InChI=1S/C16H26N2O8S2/c1-5(27)17-9-12(22)11(21)7(3-19)24-15(9)26-14-8(4-20)25-16-10(13(14)23)18-6(2)28-16/h7-16,19-23H,3-4H2,1-2H3,(H,17,27)/t7-,8-,9-,10-,11-,12-,13-,14-,15+,16-/m1/s1. The van der Waals surface area contributed by atoms with Crippen molar-refractivity contribution in [1.29, 1.82) is 0 Å². The molecule has 0 aliphatic carbocycles. The third kappa shape index (κ3) is 4.36. The molecule has 12 heteroatoms. The van der Waals surface area contributed by atoms with Gasteiger partial charge in [0.25, 0.3) is 0 Å². The zero-order valence-electron chi connectivity index (χ0n) is 15.4. The van der Waals surface area contributed by atoms with Crippen LogP contribution in [0.2, 0.25) is 0 Å². The molecule has 0 aromatic heterocycles. The lowest BCUT2D eigenvalue weighted by Gasteiger charge is -2.46. The molecule has 6 N–H and O–H groups in total. The van der Waals surface area contributed by atoms with Crippen LogP contribution in [-0.4, -0.2) is 109 Å². The maximum atomic E-state index is 10.8. The number of thiocarbonyl (C=S) groups is 1. The lowest BCUT2D eigenvalue weighted by Crippen LogP contribution is -2.67. The molecule has 0 unspecified atom stereocenters. The summed E-state index contributed by atoms with van der Waals surface area (Å²) >= 11 is 6.40. The van der Waals surface area contributed by atoms with Crippen molar-refractivity contribution in [2.24, 2.45) is 4.99 Å². The van der Waals surface area contributed by atoms with Crippen LogP contribution in [0.3, 0.4) is 0 Å². The Morgan fingerprint density at radius 1 is 1.14 bits per heavy atom. The molecule has 10 nitrogen and oxygen atoms in total. The summed E-state index contributed by atoms with van der Waals surface area (Å²) in [5, 5.41) is 54.1. The van der Waals surface area contributed by atoms with Crippen molar-refractivity contribution in [3.63, 3.8) is 0 Å². The van der Waals surface area contributed by atoms with E-state index in [2.05, 4.69) is 10.3 Å². The second-order valence-corrected chi connectivity index (χ2v) is 8.91. The van der Waals surface area contributed by atoms with E-state index in [0.717, 1.165) is 5.04 Å². The Balaban J connectivity index is 1.81. The topological polar surface area (TPSA) is 153 Å². The Bertz CT molecular complexity index is 611. The molecule has 0 bridgehead atoms. The summed E-state index contributed by atoms with van der Waals surface area (Å²) in [5.74, 6) is 0. The molecule has 3 aliphatic rings. The highest BCUT2D eigenvalue weighted by Crippen LogP contribution is 2.38. The minimum absolute atomic E-state index is 0.336.